The molecule has 2 aromatic rings. The molecule has 2 heterocycles. The van der Waals surface area contributed by atoms with Crippen LogP contribution in [0.3, 0.4) is 0 Å². The Hall–Kier alpha value is -1.74. The number of pyridine rings is 2. The molecule has 3 heteroatoms. The van der Waals surface area contributed by atoms with Crippen LogP contribution in [0.25, 0.3) is 0 Å². The standard InChI is InChI=1S/C16H21N3/c1-14(2)11-19(12-15-7-3-5-9-17-15)13-16-8-4-6-10-18-16/h3-10,14H,11-13H2,1-2H3. The van der Waals surface area contributed by atoms with Crippen molar-refractivity contribution in [2.45, 2.75) is 26.9 Å². The van der Waals surface area contributed by atoms with E-state index in [1.54, 1.807) is 0 Å². The summed E-state index contributed by atoms with van der Waals surface area (Å²) in [7, 11) is 0. The number of hydrogen-bond acceptors (Lipinski definition) is 3. The van der Waals surface area contributed by atoms with Crippen LogP contribution in [0.1, 0.15) is 25.2 Å². The van der Waals surface area contributed by atoms with Gasteiger partial charge in [0.25, 0.3) is 0 Å². The average Bonchev–Trinajstić information content (AvgIpc) is 2.40. The van der Waals surface area contributed by atoms with Crippen LogP contribution in [-0.2, 0) is 13.1 Å². The average molecular weight is 255 g/mol. The van der Waals surface area contributed by atoms with Crippen LogP contribution >= 0.6 is 0 Å². The molecular formula is C16H21N3. The van der Waals surface area contributed by atoms with Gasteiger partial charge in [-0.2, -0.15) is 0 Å². The van der Waals surface area contributed by atoms with Crippen molar-refractivity contribution in [3.05, 3.63) is 60.2 Å². The van der Waals surface area contributed by atoms with E-state index >= 15 is 0 Å². The maximum absolute atomic E-state index is 4.41. The lowest BCUT2D eigenvalue weighted by Gasteiger charge is -2.23. The zero-order valence-corrected chi connectivity index (χ0v) is 11.7. The van der Waals surface area contributed by atoms with Crippen molar-refractivity contribution in [2.75, 3.05) is 6.54 Å². The molecule has 0 spiro atoms. The Labute approximate surface area is 115 Å². The first kappa shape index (κ1) is 13.7. The maximum atomic E-state index is 4.41. The van der Waals surface area contributed by atoms with Crippen LogP contribution in [0.5, 0.6) is 0 Å². The van der Waals surface area contributed by atoms with Gasteiger partial charge in [0.15, 0.2) is 0 Å². The summed E-state index contributed by atoms with van der Waals surface area (Å²) >= 11 is 0. The Kier molecular flexibility index (Phi) is 5.04. The van der Waals surface area contributed by atoms with Gasteiger partial charge < -0.3 is 0 Å². The Balaban J connectivity index is 2.03. The Morgan fingerprint density at radius 3 is 1.79 bits per heavy atom. The summed E-state index contributed by atoms with van der Waals surface area (Å²) in [5.41, 5.74) is 2.22. The molecule has 0 fully saturated rings. The Bertz CT molecular complexity index is 426. The predicted molar refractivity (Wildman–Crippen MR) is 77.4 cm³/mol. The van der Waals surface area contributed by atoms with Gasteiger partial charge in [-0.1, -0.05) is 26.0 Å². The highest BCUT2D eigenvalue weighted by Gasteiger charge is 2.10. The molecule has 0 aliphatic heterocycles. The zero-order chi connectivity index (χ0) is 13.5. The molecule has 2 rings (SSSR count). The largest absolute Gasteiger partial charge is 0.291 e. The molecule has 100 valence electrons. The summed E-state index contributed by atoms with van der Waals surface area (Å²) in [5.74, 6) is 0.632. The quantitative estimate of drug-likeness (QED) is 0.794. The fraction of sp³-hybridized carbons (Fsp3) is 0.375. The molecule has 0 saturated carbocycles. The van der Waals surface area contributed by atoms with Crippen molar-refractivity contribution in [1.82, 2.24) is 14.9 Å². The van der Waals surface area contributed by atoms with Gasteiger partial charge in [0.2, 0.25) is 0 Å². The smallest absolute Gasteiger partial charge is 0.0544 e. The number of aromatic nitrogens is 2. The van der Waals surface area contributed by atoms with Crippen LogP contribution in [0.4, 0.5) is 0 Å². The summed E-state index contributed by atoms with van der Waals surface area (Å²) in [5, 5.41) is 0. The molecule has 2 aromatic heterocycles. The molecule has 0 unspecified atom stereocenters. The zero-order valence-electron chi connectivity index (χ0n) is 11.7. The van der Waals surface area contributed by atoms with Crippen LogP contribution in [0.15, 0.2) is 48.8 Å². The molecule has 0 amide bonds. The van der Waals surface area contributed by atoms with E-state index in [4.69, 9.17) is 0 Å². The van der Waals surface area contributed by atoms with Crippen molar-refractivity contribution in [3.8, 4) is 0 Å². The summed E-state index contributed by atoms with van der Waals surface area (Å²) < 4.78 is 0. The molecule has 0 atom stereocenters. The van der Waals surface area contributed by atoms with Gasteiger partial charge in [0, 0.05) is 32.0 Å². The first-order valence-corrected chi connectivity index (χ1v) is 6.76. The normalized spacial score (nSPS) is 11.2. The summed E-state index contributed by atoms with van der Waals surface area (Å²) in [4.78, 5) is 11.2. The lowest BCUT2D eigenvalue weighted by molar-refractivity contribution is 0.222. The monoisotopic (exact) mass is 255 g/mol. The highest BCUT2D eigenvalue weighted by Crippen LogP contribution is 2.09. The van der Waals surface area contributed by atoms with Crippen molar-refractivity contribution in [3.63, 3.8) is 0 Å². The highest BCUT2D eigenvalue weighted by atomic mass is 15.1. The first-order chi connectivity index (χ1) is 9.24. The second kappa shape index (κ2) is 7.00. The Morgan fingerprint density at radius 2 is 1.42 bits per heavy atom. The number of nitrogens with zero attached hydrogens (tertiary/aromatic N) is 3. The molecule has 0 aromatic carbocycles. The minimum Gasteiger partial charge on any atom is -0.291 e. The molecule has 0 saturated heterocycles. The topological polar surface area (TPSA) is 29.0 Å². The van der Waals surface area contributed by atoms with E-state index in [1.807, 2.05) is 36.7 Å². The summed E-state index contributed by atoms with van der Waals surface area (Å²) in [6.45, 7) is 7.27. The Morgan fingerprint density at radius 1 is 0.895 bits per heavy atom. The van der Waals surface area contributed by atoms with Gasteiger partial charge in [-0.05, 0) is 30.2 Å². The second-order valence-electron chi connectivity index (χ2n) is 5.21. The van der Waals surface area contributed by atoms with Gasteiger partial charge in [0.05, 0.1) is 11.4 Å². The minimum atomic E-state index is 0.632. The number of hydrogen-bond donors (Lipinski definition) is 0. The predicted octanol–water partition coefficient (Wildman–Crippen LogP) is 3.13. The van der Waals surface area contributed by atoms with Crippen molar-refractivity contribution in [1.29, 1.82) is 0 Å². The van der Waals surface area contributed by atoms with Crippen LogP contribution in [0, 0.1) is 5.92 Å². The van der Waals surface area contributed by atoms with E-state index in [0.717, 1.165) is 31.0 Å². The lowest BCUT2D eigenvalue weighted by Crippen LogP contribution is -2.27. The molecule has 0 N–H and O–H groups in total. The molecule has 0 aliphatic rings. The summed E-state index contributed by atoms with van der Waals surface area (Å²) in [6.07, 6.45) is 3.70. The van der Waals surface area contributed by atoms with E-state index < -0.39 is 0 Å². The van der Waals surface area contributed by atoms with Crippen molar-refractivity contribution >= 4 is 0 Å². The lowest BCUT2D eigenvalue weighted by atomic mass is 10.2. The van der Waals surface area contributed by atoms with Crippen LogP contribution in [-0.4, -0.2) is 21.4 Å². The van der Waals surface area contributed by atoms with Crippen LogP contribution < -0.4 is 0 Å². The molecule has 0 aliphatic carbocycles. The minimum absolute atomic E-state index is 0.632. The first-order valence-electron chi connectivity index (χ1n) is 6.76. The van der Waals surface area contributed by atoms with Crippen LogP contribution in [0.2, 0.25) is 0 Å². The fourth-order valence-corrected chi connectivity index (χ4v) is 2.14. The van der Waals surface area contributed by atoms with Crippen molar-refractivity contribution < 1.29 is 0 Å². The van der Waals surface area contributed by atoms with Gasteiger partial charge in [-0.3, -0.25) is 14.9 Å². The molecule has 3 nitrogen and oxygen atoms in total. The number of rotatable bonds is 6. The van der Waals surface area contributed by atoms with E-state index in [0.29, 0.717) is 5.92 Å². The van der Waals surface area contributed by atoms with Gasteiger partial charge in [-0.15, -0.1) is 0 Å². The second-order valence-corrected chi connectivity index (χ2v) is 5.21. The maximum Gasteiger partial charge on any atom is 0.0544 e. The molecule has 19 heavy (non-hydrogen) atoms. The fourth-order valence-electron chi connectivity index (χ4n) is 2.14. The van der Waals surface area contributed by atoms with Gasteiger partial charge >= 0.3 is 0 Å². The molecule has 0 bridgehead atoms. The highest BCUT2D eigenvalue weighted by molar-refractivity contribution is 5.06. The third-order valence-corrected chi connectivity index (χ3v) is 2.85. The van der Waals surface area contributed by atoms with Gasteiger partial charge in [-0.25, -0.2) is 0 Å². The van der Waals surface area contributed by atoms with Gasteiger partial charge in [0.1, 0.15) is 0 Å². The summed E-state index contributed by atoms with van der Waals surface area (Å²) in [6, 6.07) is 12.1. The van der Waals surface area contributed by atoms with E-state index in [9.17, 15) is 0 Å². The molecular weight excluding hydrogens is 234 g/mol. The SMILES string of the molecule is CC(C)CN(Cc1ccccn1)Cc1ccccn1. The van der Waals surface area contributed by atoms with E-state index in [2.05, 4.69) is 40.8 Å². The third kappa shape index (κ3) is 4.79. The van der Waals surface area contributed by atoms with E-state index in [-0.39, 0.29) is 0 Å². The molecule has 0 radical (unpaired) electrons. The van der Waals surface area contributed by atoms with Crippen molar-refractivity contribution in [2.24, 2.45) is 5.92 Å². The third-order valence-electron chi connectivity index (χ3n) is 2.85. The van der Waals surface area contributed by atoms with E-state index in [1.165, 1.54) is 0 Å².